The fourth-order valence-corrected chi connectivity index (χ4v) is 4.55. The van der Waals surface area contributed by atoms with Crippen molar-refractivity contribution >= 4 is 39.1 Å². The summed E-state index contributed by atoms with van der Waals surface area (Å²) < 4.78 is 3.07. The number of hydrogen-bond acceptors (Lipinski definition) is 2. The van der Waals surface area contributed by atoms with Gasteiger partial charge in [0.05, 0.1) is 10.2 Å². The lowest BCUT2D eigenvalue weighted by Crippen LogP contribution is -2.15. The maximum Gasteiger partial charge on any atom is 0.279 e. The number of nitrogens with zero attached hydrogens (tertiary/aromatic N) is 2. The highest BCUT2D eigenvalue weighted by Crippen LogP contribution is 2.22. The van der Waals surface area contributed by atoms with Gasteiger partial charge in [0.1, 0.15) is 0 Å². The molecule has 0 atom stereocenters. The standard InChI is InChI=1S/C23H19ClN2OS/c1-2-26-20-13-12-19(24)15-21(20)28-23(26)25-22(27)18-10-8-17(9-11-18)14-16-6-4-3-5-7-16/h3-13,15H,2,14H2,1H3. The summed E-state index contributed by atoms with van der Waals surface area (Å²) in [4.78, 5) is 17.8. The van der Waals surface area contributed by atoms with Crippen LogP contribution >= 0.6 is 22.9 Å². The number of rotatable bonds is 4. The van der Waals surface area contributed by atoms with Crippen molar-refractivity contribution in [3.05, 3.63) is 99.3 Å². The minimum absolute atomic E-state index is 0.230. The predicted octanol–water partition coefficient (Wildman–Crippen LogP) is 5.71. The van der Waals surface area contributed by atoms with E-state index in [0.717, 1.165) is 23.2 Å². The normalized spacial score (nSPS) is 11.9. The molecule has 0 radical (unpaired) electrons. The Bertz CT molecular complexity index is 1190. The lowest BCUT2D eigenvalue weighted by molar-refractivity contribution is 0.0998. The summed E-state index contributed by atoms with van der Waals surface area (Å²) in [6, 6.07) is 23.7. The van der Waals surface area contributed by atoms with Gasteiger partial charge in [-0.2, -0.15) is 4.99 Å². The van der Waals surface area contributed by atoms with Crippen LogP contribution in [0, 0.1) is 0 Å². The molecule has 0 aliphatic carbocycles. The van der Waals surface area contributed by atoms with Crippen LogP contribution in [0.1, 0.15) is 28.4 Å². The van der Waals surface area contributed by atoms with Crippen molar-refractivity contribution in [3.8, 4) is 0 Å². The maximum atomic E-state index is 12.7. The first-order chi connectivity index (χ1) is 13.6. The summed E-state index contributed by atoms with van der Waals surface area (Å²) in [7, 11) is 0. The Hall–Kier alpha value is -2.69. The molecule has 3 nitrogen and oxygen atoms in total. The molecule has 0 bridgehead atoms. The third-order valence-corrected chi connectivity index (χ3v) is 5.89. The van der Waals surface area contributed by atoms with Crippen molar-refractivity contribution < 1.29 is 4.79 Å². The van der Waals surface area contributed by atoms with Crippen molar-refractivity contribution in [2.75, 3.05) is 0 Å². The van der Waals surface area contributed by atoms with Crippen molar-refractivity contribution in [2.45, 2.75) is 19.9 Å². The molecule has 0 saturated carbocycles. The van der Waals surface area contributed by atoms with Crippen LogP contribution in [0.3, 0.4) is 0 Å². The summed E-state index contributed by atoms with van der Waals surface area (Å²) >= 11 is 7.58. The summed E-state index contributed by atoms with van der Waals surface area (Å²) in [5, 5.41) is 0.684. The molecule has 140 valence electrons. The van der Waals surface area contributed by atoms with E-state index in [1.54, 1.807) is 0 Å². The Balaban J connectivity index is 1.62. The van der Waals surface area contributed by atoms with Crippen LogP contribution in [0.2, 0.25) is 5.02 Å². The molecule has 0 unspecified atom stereocenters. The van der Waals surface area contributed by atoms with Gasteiger partial charge in [-0.15, -0.1) is 0 Å². The number of fused-ring (bicyclic) bond motifs is 1. The second kappa shape index (κ2) is 8.13. The van der Waals surface area contributed by atoms with Gasteiger partial charge in [0, 0.05) is 17.1 Å². The second-order valence-corrected chi connectivity index (χ2v) is 7.96. The van der Waals surface area contributed by atoms with Crippen LogP contribution < -0.4 is 4.80 Å². The number of carbonyl (C=O) groups excluding carboxylic acids is 1. The molecule has 1 heterocycles. The molecule has 3 aromatic carbocycles. The number of aromatic nitrogens is 1. The highest BCUT2D eigenvalue weighted by atomic mass is 35.5. The monoisotopic (exact) mass is 406 g/mol. The molecule has 0 fully saturated rings. The Morgan fingerprint density at radius 2 is 1.71 bits per heavy atom. The molecular formula is C23H19ClN2OS. The third kappa shape index (κ3) is 3.93. The number of amides is 1. The number of aryl methyl sites for hydroxylation is 1. The van der Waals surface area contributed by atoms with E-state index < -0.39 is 0 Å². The number of hydrogen-bond donors (Lipinski definition) is 0. The molecule has 1 amide bonds. The minimum Gasteiger partial charge on any atom is -0.317 e. The Morgan fingerprint density at radius 3 is 2.43 bits per heavy atom. The van der Waals surface area contributed by atoms with Crippen LogP contribution in [0.5, 0.6) is 0 Å². The number of benzene rings is 3. The molecule has 1 aromatic heterocycles. The fraction of sp³-hybridized carbons (Fsp3) is 0.130. The number of carbonyl (C=O) groups is 1. The maximum absolute atomic E-state index is 12.7. The molecule has 0 aliphatic rings. The molecule has 0 aliphatic heterocycles. The van der Waals surface area contributed by atoms with E-state index in [4.69, 9.17) is 11.6 Å². The SMILES string of the molecule is CCn1c(=NC(=O)c2ccc(Cc3ccccc3)cc2)sc2cc(Cl)ccc21. The van der Waals surface area contributed by atoms with Crippen molar-refractivity contribution in [3.63, 3.8) is 0 Å². The molecular weight excluding hydrogens is 388 g/mol. The Morgan fingerprint density at radius 1 is 1.00 bits per heavy atom. The summed E-state index contributed by atoms with van der Waals surface area (Å²) in [6.07, 6.45) is 0.847. The second-order valence-electron chi connectivity index (χ2n) is 6.52. The first-order valence-electron chi connectivity index (χ1n) is 9.15. The van der Waals surface area contributed by atoms with Crippen LogP contribution in [0.4, 0.5) is 0 Å². The Labute approximate surface area is 172 Å². The first kappa shape index (κ1) is 18.7. The molecule has 0 saturated heterocycles. The van der Waals surface area contributed by atoms with Crippen LogP contribution in [-0.4, -0.2) is 10.5 Å². The molecule has 28 heavy (non-hydrogen) atoms. The third-order valence-electron chi connectivity index (χ3n) is 4.61. The smallest absolute Gasteiger partial charge is 0.279 e. The van der Waals surface area contributed by atoms with Gasteiger partial charge in [0.2, 0.25) is 0 Å². The number of thiazole rings is 1. The van der Waals surface area contributed by atoms with Gasteiger partial charge in [0.25, 0.3) is 5.91 Å². The molecule has 4 rings (SSSR count). The van der Waals surface area contributed by atoms with Gasteiger partial charge in [0.15, 0.2) is 4.80 Å². The molecule has 4 aromatic rings. The Kier molecular flexibility index (Phi) is 5.42. The summed E-state index contributed by atoms with van der Waals surface area (Å²) in [6.45, 7) is 2.78. The van der Waals surface area contributed by atoms with Crippen molar-refractivity contribution in [2.24, 2.45) is 4.99 Å². The zero-order valence-electron chi connectivity index (χ0n) is 15.4. The fourth-order valence-electron chi connectivity index (χ4n) is 3.19. The van der Waals surface area contributed by atoms with Gasteiger partial charge in [-0.1, -0.05) is 65.4 Å². The van der Waals surface area contributed by atoms with E-state index in [1.165, 1.54) is 22.5 Å². The van der Waals surface area contributed by atoms with Crippen LogP contribution in [0.25, 0.3) is 10.2 Å². The molecule has 5 heteroatoms. The van der Waals surface area contributed by atoms with E-state index in [9.17, 15) is 4.79 Å². The van der Waals surface area contributed by atoms with E-state index in [0.29, 0.717) is 15.4 Å². The van der Waals surface area contributed by atoms with E-state index >= 15 is 0 Å². The van der Waals surface area contributed by atoms with Gasteiger partial charge in [-0.3, -0.25) is 4.79 Å². The van der Waals surface area contributed by atoms with Gasteiger partial charge < -0.3 is 4.57 Å². The van der Waals surface area contributed by atoms with Crippen molar-refractivity contribution in [1.82, 2.24) is 4.57 Å². The van der Waals surface area contributed by atoms with Crippen LogP contribution in [0.15, 0.2) is 77.8 Å². The van der Waals surface area contributed by atoms with E-state index in [-0.39, 0.29) is 5.91 Å². The topological polar surface area (TPSA) is 34.4 Å². The molecule has 0 N–H and O–H groups in total. The van der Waals surface area contributed by atoms with Gasteiger partial charge in [-0.05, 0) is 54.8 Å². The van der Waals surface area contributed by atoms with Gasteiger partial charge >= 0.3 is 0 Å². The quantitative estimate of drug-likeness (QED) is 0.427. The molecule has 0 spiro atoms. The lowest BCUT2D eigenvalue weighted by atomic mass is 10.0. The highest BCUT2D eigenvalue weighted by Gasteiger charge is 2.09. The van der Waals surface area contributed by atoms with Crippen LogP contribution in [-0.2, 0) is 13.0 Å². The summed E-state index contributed by atoms with van der Waals surface area (Å²) in [5.41, 5.74) is 4.05. The van der Waals surface area contributed by atoms with E-state index in [2.05, 4.69) is 17.1 Å². The average Bonchev–Trinajstić information content (AvgIpc) is 3.05. The summed E-state index contributed by atoms with van der Waals surface area (Å²) in [5.74, 6) is -0.230. The lowest BCUT2D eigenvalue weighted by Gasteiger charge is -2.03. The first-order valence-corrected chi connectivity index (χ1v) is 10.3. The largest absolute Gasteiger partial charge is 0.317 e. The zero-order valence-corrected chi connectivity index (χ0v) is 17.0. The average molecular weight is 407 g/mol. The van der Waals surface area contributed by atoms with E-state index in [1.807, 2.05) is 72.2 Å². The highest BCUT2D eigenvalue weighted by molar-refractivity contribution is 7.16. The predicted molar refractivity (Wildman–Crippen MR) is 116 cm³/mol. The van der Waals surface area contributed by atoms with Gasteiger partial charge in [-0.25, -0.2) is 0 Å². The van der Waals surface area contributed by atoms with Crippen molar-refractivity contribution in [1.29, 1.82) is 0 Å². The minimum atomic E-state index is -0.230. The number of halogens is 1. The zero-order chi connectivity index (χ0) is 19.5.